The molecule has 0 radical (unpaired) electrons. The number of piperazine rings is 1. The quantitative estimate of drug-likeness (QED) is 0.569. The van der Waals surface area contributed by atoms with E-state index in [0.717, 1.165) is 5.56 Å². The second kappa shape index (κ2) is 11.3. The van der Waals surface area contributed by atoms with E-state index in [0.29, 0.717) is 49.1 Å². The molecule has 0 bridgehead atoms. The number of sulfonamides is 1. The third-order valence-corrected chi connectivity index (χ3v) is 7.55. The number of nitrogens with one attached hydrogen (secondary N) is 1. The maximum absolute atomic E-state index is 13.0. The van der Waals surface area contributed by atoms with Crippen LogP contribution in [-0.4, -0.2) is 84.8 Å². The predicted octanol–water partition coefficient (Wildman–Crippen LogP) is 1.98. The Hall–Kier alpha value is -3.18. The fraction of sp³-hybridized carbons (Fsp3) is 0.435. The summed E-state index contributed by atoms with van der Waals surface area (Å²) in [7, 11) is 2.39. The topological polar surface area (TPSA) is 107 Å². The van der Waals surface area contributed by atoms with E-state index in [-0.39, 0.29) is 24.0 Å². The molecule has 1 N–H and O–H groups in total. The lowest BCUT2D eigenvalue weighted by Gasteiger charge is -2.34. The summed E-state index contributed by atoms with van der Waals surface area (Å²) in [5, 5.41) is 2.90. The van der Waals surface area contributed by atoms with Gasteiger partial charge in [-0.15, -0.1) is 0 Å². The van der Waals surface area contributed by atoms with E-state index < -0.39 is 10.0 Å². The summed E-state index contributed by atoms with van der Waals surface area (Å²) >= 11 is 0. The van der Waals surface area contributed by atoms with Crippen LogP contribution in [-0.2, 0) is 16.4 Å². The van der Waals surface area contributed by atoms with Crippen molar-refractivity contribution in [1.29, 1.82) is 0 Å². The van der Waals surface area contributed by atoms with E-state index in [1.807, 2.05) is 18.2 Å². The van der Waals surface area contributed by atoms with Crippen molar-refractivity contribution in [3.63, 3.8) is 0 Å². The third kappa shape index (κ3) is 5.65. The number of methoxy groups -OCH3 is 4. The number of ether oxygens (including phenoxy) is 4. The molecule has 1 fully saturated rings. The average molecular weight is 494 g/mol. The number of amides is 2. The first-order valence-corrected chi connectivity index (χ1v) is 12.2. The molecule has 1 aliphatic rings. The summed E-state index contributed by atoms with van der Waals surface area (Å²) in [6.07, 6.45) is 0.625. The van der Waals surface area contributed by atoms with E-state index in [4.69, 9.17) is 18.9 Å². The molecular weight excluding hydrogens is 462 g/mol. The standard InChI is InChI=1S/C23H31N3O7S/c1-30-19-7-5-17(15-21(19)32-3)9-10-24-23(27)25-11-13-26(14-12-25)34(28,29)18-6-8-20(31-2)22(16-18)33-4/h5-8,15-16H,9-14H2,1-4H3,(H,24,27). The van der Waals surface area contributed by atoms with Gasteiger partial charge in [-0.2, -0.15) is 4.31 Å². The summed E-state index contributed by atoms with van der Waals surface area (Å²) < 4.78 is 48.4. The molecule has 0 aromatic heterocycles. The number of rotatable bonds is 9. The van der Waals surface area contributed by atoms with Crippen LogP contribution in [0.15, 0.2) is 41.3 Å². The molecule has 0 unspecified atom stereocenters. The molecule has 1 heterocycles. The number of hydrogen-bond donors (Lipinski definition) is 1. The molecule has 1 saturated heterocycles. The van der Waals surface area contributed by atoms with E-state index in [9.17, 15) is 13.2 Å². The Morgan fingerprint density at radius 3 is 1.97 bits per heavy atom. The van der Waals surface area contributed by atoms with Gasteiger partial charge in [0.1, 0.15) is 0 Å². The highest BCUT2D eigenvalue weighted by Crippen LogP contribution is 2.31. The summed E-state index contributed by atoms with van der Waals surface area (Å²) in [6, 6.07) is 9.91. The molecule has 0 spiro atoms. The number of benzene rings is 2. The van der Waals surface area contributed by atoms with Crippen molar-refractivity contribution >= 4 is 16.1 Å². The van der Waals surface area contributed by atoms with Crippen LogP contribution in [0.3, 0.4) is 0 Å². The second-order valence-corrected chi connectivity index (χ2v) is 9.52. The molecule has 0 aliphatic carbocycles. The van der Waals surface area contributed by atoms with Gasteiger partial charge in [0.25, 0.3) is 0 Å². The van der Waals surface area contributed by atoms with E-state index >= 15 is 0 Å². The maximum Gasteiger partial charge on any atom is 0.317 e. The van der Waals surface area contributed by atoms with Gasteiger partial charge in [0.15, 0.2) is 23.0 Å². The van der Waals surface area contributed by atoms with Crippen molar-refractivity contribution in [3.05, 3.63) is 42.0 Å². The van der Waals surface area contributed by atoms with Crippen molar-refractivity contribution in [2.24, 2.45) is 0 Å². The minimum atomic E-state index is -3.72. The zero-order valence-electron chi connectivity index (χ0n) is 19.9. The first-order chi connectivity index (χ1) is 16.3. The highest BCUT2D eigenvalue weighted by Gasteiger charge is 2.30. The van der Waals surface area contributed by atoms with Crippen molar-refractivity contribution < 1.29 is 32.2 Å². The molecule has 0 atom stereocenters. The van der Waals surface area contributed by atoms with Gasteiger partial charge in [0, 0.05) is 38.8 Å². The SMILES string of the molecule is COc1ccc(CCNC(=O)N2CCN(S(=O)(=O)c3ccc(OC)c(OC)c3)CC2)cc1OC. The lowest BCUT2D eigenvalue weighted by atomic mass is 10.1. The van der Waals surface area contributed by atoms with Crippen LogP contribution < -0.4 is 24.3 Å². The fourth-order valence-electron chi connectivity index (χ4n) is 3.72. The molecule has 10 nitrogen and oxygen atoms in total. The molecule has 0 saturated carbocycles. The lowest BCUT2D eigenvalue weighted by molar-refractivity contribution is 0.172. The summed E-state index contributed by atoms with van der Waals surface area (Å²) in [6.45, 7) is 1.46. The van der Waals surface area contributed by atoms with Crippen LogP contribution in [0, 0.1) is 0 Å². The molecule has 2 aromatic rings. The molecule has 3 rings (SSSR count). The van der Waals surface area contributed by atoms with Crippen LogP contribution in [0.2, 0.25) is 0 Å². The minimum absolute atomic E-state index is 0.123. The van der Waals surface area contributed by atoms with Gasteiger partial charge in [-0.3, -0.25) is 0 Å². The van der Waals surface area contributed by atoms with E-state index in [2.05, 4.69) is 5.32 Å². The Bertz CT molecular complexity index is 1100. The van der Waals surface area contributed by atoms with Crippen LogP contribution >= 0.6 is 0 Å². The summed E-state index contributed by atoms with van der Waals surface area (Å²) in [5.41, 5.74) is 1.00. The highest BCUT2D eigenvalue weighted by molar-refractivity contribution is 7.89. The van der Waals surface area contributed by atoms with Crippen molar-refractivity contribution in [2.45, 2.75) is 11.3 Å². The van der Waals surface area contributed by atoms with Gasteiger partial charge in [-0.1, -0.05) is 6.07 Å². The normalized spacial score (nSPS) is 14.4. The summed E-state index contributed by atoms with van der Waals surface area (Å²) in [4.78, 5) is 14.3. The maximum atomic E-state index is 13.0. The smallest absolute Gasteiger partial charge is 0.317 e. The third-order valence-electron chi connectivity index (χ3n) is 5.66. The van der Waals surface area contributed by atoms with Gasteiger partial charge in [-0.25, -0.2) is 13.2 Å². The molecule has 11 heteroatoms. The molecule has 34 heavy (non-hydrogen) atoms. The Morgan fingerprint density at radius 2 is 1.38 bits per heavy atom. The number of urea groups is 1. The first kappa shape index (κ1) is 25.4. The lowest BCUT2D eigenvalue weighted by Crippen LogP contribution is -2.53. The predicted molar refractivity (Wildman–Crippen MR) is 127 cm³/mol. The van der Waals surface area contributed by atoms with Crippen LogP contribution in [0.1, 0.15) is 5.56 Å². The van der Waals surface area contributed by atoms with Crippen LogP contribution in [0.25, 0.3) is 0 Å². The van der Waals surface area contributed by atoms with Gasteiger partial charge in [-0.05, 0) is 36.2 Å². The highest BCUT2D eigenvalue weighted by atomic mass is 32.2. The Balaban J connectivity index is 1.52. The monoisotopic (exact) mass is 493 g/mol. The van der Waals surface area contributed by atoms with Gasteiger partial charge in [0.2, 0.25) is 10.0 Å². The molecule has 2 amide bonds. The zero-order valence-corrected chi connectivity index (χ0v) is 20.7. The Kier molecular flexibility index (Phi) is 8.46. The van der Waals surface area contributed by atoms with Gasteiger partial charge < -0.3 is 29.2 Å². The fourth-order valence-corrected chi connectivity index (χ4v) is 5.16. The Morgan fingerprint density at radius 1 is 0.824 bits per heavy atom. The van der Waals surface area contributed by atoms with Gasteiger partial charge >= 0.3 is 6.03 Å². The second-order valence-electron chi connectivity index (χ2n) is 7.58. The van der Waals surface area contributed by atoms with Crippen molar-refractivity contribution in [3.8, 4) is 23.0 Å². The number of carbonyl (C=O) groups excluding carboxylic acids is 1. The van der Waals surface area contributed by atoms with Crippen LogP contribution in [0.5, 0.6) is 23.0 Å². The Labute approximate surface area is 200 Å². The first-order valence-electron chi connectivity index (χ1n) is 10.8. The van der Waals surface area contributed by atoms with Crippen molar-refractivity contribution in [2.75, 3.05) is 61.2 Å². The van der Waals surface area contributed by atoms with E-state index in [1.165, 1.54) is 30.7 Å². The molecule has 1 aliphatic heterocycles. The molecule has 2 aromatic carbocycles. The van der Waals surface area contributed by atoms with Gasteiger partial charge in [0.05, 0.1) is 33.3 Å². The number of hydrogen-bond acceptors (Lipinski definition) is 7. The van der Waals surface area contributed by atoms with Crippen LogP contribution in [0.4, 0.5) is 4.79 Å². The largest absolute Gasteiger partial charge is 0.493 e. The van der Waals surface area contributed by atoms with E-state index in [1.54, 1.807) is 25.2 Å². The minimum Gasteiger partial charge on any atom is -0.493 e. The number of carbonyl (C=O) groups is 1. The number of nitrogens with zero attached hydrogens (tertiary/aromatic N) is 2. The average Bonchev–Trinajstić information content (AvgIpc) is 2.87. The zero-order chi connectivity index (χ0) is 24.7. The molecular formula is C23H31N3O7S. The molecule has 186 valence electrons. The summed E-state index contributed by atoms with van der Waals surface area (Å²) in [5.74, 6) is 2.08. The van der Waals surface area contributed by atoms with Crippen molar-refractivity contribution in [1.82, 2.24) is 14.5 Å².